The fourth-order valence-corrected chi connectivity index (χ4v) is 3.03. The number of rotatable bonds is 5. The Balaban J connectivity index is 1.77. The van der Waals surface area contributed by atoms with Crippen LogP contribution in [0.4, 0.5) is 4.79 Å². The van der Waals surface area contributed by atoms with Gasteiger partial charge in [-0.2, -0.15) is 0 Å². The summed E-state index contributed by atoms with van der Waals surface area (Å²) in [5.41, 5.74) is 0. The van der Waals surface area contributed by atoms with Crippen molar-refractivity contribution in [1.29, 1.82) is 0 Å². The third kappa shape index (κ3) is 4.31. The normalized spacial score (nSPS) is 26.8. The van der Waals surface area contributed by atoms with Crippen LogP contribution in [0.15, 0.2) is 0 Å². The van der Waals surface area contributed by atoms with Gasteiger partial charge in [-0.15, -0.1) is 0 Å². The first-order chi connectivity index (χ1) is 10.1. The third-order valence-corrected chi connectivity index (χ3v) is 4.29. The molecule has 0 aromatic heterocycles. The lowest BCUT2D eigenvalue weighted by Crippen LogP contribution is -2.48. The molecule has 2 unspecified atom stereocenters. The van der Waals surface area contributed by atoms with Gasteiger partial charge in [-0.1, -0.05) is 6.42 Å². The zero-order valence-corrected chi connectivity index (χ0v) is 12.6. The van der Waals surface area contributed by atoms with E-state index in [0.29, 0.717) is 19.5 Å². The van der Waals surface area contributed by atoms with Gasteiger partial charge < -0.3 is 25.0 Å². The molecule has 0 aromatic rings. The maximum absolute atomic E-state index is 12.1. The largest absolute Gasteiger partial charge is 0.480 e. The van der Waals surface area contributed by atoms with Crippen molar-refractivity contribution in [2.75, 3.05) is 39.8 Å². The van der Waals surface area contributed by atoms with E-state index in [1.54, 1.807) is 7.11 Å². The monoisotopic (exact) mass is 299 g/mol. The van der Waals surface area contributed by atoms with Crippen molar-refractivity contribution < 1.29 is 19.4 Å². The van der Waals surface area contributed by atoms with Crippen molar-refractivity contribution in [2.45, 2.75) is 37.8 Å². The quantitative estimate of drug-likeness (QED) is 0.766. The summed E-state index contributed by atoms with van der Waals surface area (Å²) < 4.78 is 5.18. The molecule has 0 bridgehead atoms. The lowest BCUT2D eigenvalue weighted by atomic mass is 10.1. The number of carboxylic acids is 1. The molecule has 2 rings (SSSR count). The Labute approximate surface area is 125 Å². The van der Waals surface area contributed by atoms with E-state index in [1.807, 2.05) is 0 Å². The van der Waals surface area contributed by atoms with E-state index in [4.69, 9.17) is 4.74 Å². The lowest BCUT2D eigenvalue weighted by molar-refractivity contribution is -0.141. The molecule has 0 radical (unpaired) electrons. The van der Waals surface area contributed by atoms with Gasteiger partial charge in [0.1, 0.15) is 6.04 Å². The van der Waals surface area contributed by atoms with Crippen molar-refractivity contribution >= 4 is 12.0 Å². The standard InChI is InChI=1S/C14H25N3O4/c1-21-11-9-12(13(18)19)17(10-11)14(20)15-5-8-16-6-3-2-4-7-16/h11-12H,2-10H2,1H3,(H,15,20)(H,18,19). The zero-order chi connectivity index (χ0) is 15.2. The molecule has 2 N–H and O–H groups in total. The van der Waals surface area contributed by atoms with Crippen LogP contribution in [0, 0.1) is 0 Å². The topological polar surface area (TPSA) is 82.1 Å². The number of carboxylic acid groups (broad SMARTS) is 1. The highest BCUT2D eigenvalue weighted by molar-refractivity contribution is 5.83. The van der Waals surface area contributed by atoms with Crippen LogP contribution >= 0.6 is 0 Å². The molecule has 0 aliphatic carbocycles. The number of methoxy groups -OCH3 is 1. The van der Waals surface area contributed by atoms with Crippen LogP contribution in [0.1, 0.15) is 25.7 Å². The fraction of sp³-hybridized carbons (Fsp3) is 0.857. The molecule has 7 nitrogen and oxygen atoms in total. The number of carbonyl (C=O) groups excluding carboxylic acids is 1. The molecule has 120 valence electrons. The van der Waals surface area contributed by atoms with E-state index in [1.165, 1.54) is 24.2 Å². The number of nitrogens with one attached hydrogen (secondary N) is 1. The minimum Gasteiger partial charge on any atom is -0.480 e. The van der Waals surface area contributed by atoms with Crippen molar-refractivity contribution in [2.24, 2.45) is 0 Å². The van der Waals surface area contributed by atoms with Crippen molar-refractivity contribution in [3.05, 3.63) is 0 Å². The van der Waals surface area contributed by atoms with Crippen LogP contribution in [-0.2, 0) is 9.53 Å². The minimum atomic E-state index is -0.972. The van der Waals surface area contributed by atoms with Gasteiger partial charge >= 0.3 is 12.0 Å². The number of ether oxygens (including phenoxy) is 1. The molecule has 2 aliphatic rings. The minimum absolute atomic E-state index is 0.195. The maximum Gasteiger partial charge on any atom is 0.326 e. The number of hydrogen-bond donors (Lipinski definition) is 2. The molecule has 2 saturated heterocycles. The highest BCUT2D eigenvalue weighted by atomic mass is 16.5. The van der Waals surface area contributed by atoms with E-state index in [2.05, 4.69) is 10.2 Å². The first kappa shape index (κ1) is 16.0. The Kier molecular flexibility index (Phi) is 5.81. The highest BCUT2D eigenvalue weighted by Gasteiger charge is 2.39. The Bertz CT molecular complexity index is 371. The van der Waals surface area contributed by atoms with E-state index < -0.39 is 12.0 Å². The number of carbonyl (C=O) groups is 2. The van der Waals surface area contributed by atoms with Gasteiger partial charge in [-0.3, -0.25) is 0 Å². The summed E-state index contributed by atoms with van der Waals surface area (Å²) >= 11 is 0. The molecule has 0 saturated carbocycles. The molecule has 2 atom stereocenters. The molecular formula is C14H25N3O4. The van der Waals surface area contributed by atoms with Crippen LogP contribution in [0.5, 0.6) is 0 Å². The molecule has 0 aromatic carbocycles. The number of likely N-dealkylation sites (tertiary alicyclic amines) is 2. The van der Waals surface area contributed by atoms with Gasteiger partial charge in [0.15, 0.2) is 0 Å². The van der Waals surface area contributed by atoms with E-state index in [9.17, 15) is 14.7 Å². The summed E-state index contributed by atoms with van der Waals surface area (Å²) in [5.74, 6) is -0.972. The van der Waals surface area contributed by atoms with Crippen molar-refractivity contribution in [3.8, 4) is 0 Å². The average Bonchev–Trinajstić information content (AvgIpc) is 2.93. The van der Waals surface area contributed by atoms with Crippen LogP contribution in [0.25, 0.3) is 0 Å². The Morgan fingerprint density at radius 3 is 2.62 bits per heavy atom. The Morgan fingerprint density at radius 1 is 1.29 bits per heavy atom. The molecular weight excluding hydrogens is 274 g/mol. The van der Waals surface area contributed by atoms with Gasteiger partial charge in [0, 0.05) is 33.2 Å². The first-order valence-electron chi connectivity index (χ1n) is 7.64. The number of hydrogen-bond acceptors (Lipinski definition) is 4. The van der Waals surface area contributed by atoms with E-state index in [0.717, 1.165) is 19.6 Å². The number of amides is 2. The predicted octanol–water partition coefficient (Wildman–Crippen LogP) is 0.356. The molecule has 7 heteroatoms. The molecule has 21 heavy (non-hydrogen) atoms. The Hall–Kier alpha value is -1.34. The first-order valence-corrected chi connectivity index (χ1v) is 7.64. The molecule has 2 fully saturated rings. The fourth-order valence-electron chi connectivity index (χ4n) is 3.03. The molecule has 0 spiro atoms. The zero-order valence-electron chi connectivity index (χ0n) is 12.6. The van der Waals surface area contributed by atoms with Gasteiger partial charge in [-0.25, -0.2) is 9.59 Å². The molecule has 2 amide bonds. The molecule has 2 heterocycles. The van der Waals surface area contributed by atoms with E-state index >= 15 is 0 Å². The predicted molar refractivity (Wildman–Crippen MR) is 77.2 cm³/mol. The third-order valence-electron chi connectivity index (χ3n) is 4.29. The second-order valence-corrected chi connectivity index (χ2v) is 5.73. The lowest BCUT2D eigenvalue weighted by Gasteiger charge is -2.27. The summed E-state index contributed by atoms with van der Waals surface area (Å²) in [6, 6.07) is -1.09. The van der Waals surface area contributed by atoms with Crippen molar-refractivity contribution in [1.82, 2.24) is 15.1 Å². The summed E-state index contributed by atoms with van der Waals surface area (Å²) in [6.07, 6.45) is 3.88. The van der Waals surface area contributed by atoms with Gasteiger partial charge in [-0.05, 0) is 25.9 Å². The van der Waals surface area contributed by atoms with Crippen LogP contribution in [-0.4, -0.2) is 78.9 Å². The summed E-state index contributed by atoms with van der Waals surface area (Å²) in [5, 5.41) is 12.0. The SMILES string of the molecule is COC1CC(C(=O)O)N(C(=O)NCCN2CCCCC2)C1. The van der Waals surface area contributed by atoms with Crippen molar-refractivity contribution in [3.63, 3.8) is 0 Å². The van der Waals surface area contributed by atoms with Crippen LogP contribution < -0.4 is 5.32 Å². The van der Waals surface area contributed by atoms with Crippen LogP contribution in [0.3, 0.4) is 0 Å². The summed E-state index contributed by atoms with van der Waals surface area (Å²) in [7, 11) is 1.54. The highest BCUT2D eigenvalue weighted by Crippen LogP contribution is 2.20. The number of urea groups is 1. The average molecular weight is 299 g/mol. The smallest absolute Gasteiger partial charge is 0.326 e. The number of aliphatic carboxylic acids is 1. The van der Waals surface area contributed by atoms with Gasteiger partial charge in [0.2, 0.25) is 0 Å². The number of piperidine rings is 1. The van der Waals surface area contributed by atoms with Crippen LogP contribution in [0.2, 0.25) is 0 Å². The summed E-state index contributed by atoms with van der Waals surface area (Å²) in [6.45, 7) is 3.89. The second-order valence-electron chi connectivity index (χ2n) is 5.73. The van der Waals surface area contributed by atoms with Gasteiger partial charge in [0.25, 0.3) is 0 Å². The van der Waals surface area contributed by atoms with E-state index in [-0.39, 0.29) is 12.1 Å². The van der Waals surface area contributed by atoms with Gasteiger partial charge in [0.05, 0.1) is 6.10 Å². The Morgan fingerprint density at radius 2 is 2.00 bits per heavy atom. The molecule has 2 aliphatic heterocycles. The maximum atomic E-state index is 12.1. The number of nitrogens with zero attached hydrogens (tertiary/aromatic N) is 2. The summed E-state index contributed by atoms with van der Waals surface area (Å²) in [4.78, 5) is 27.1. The second kappa shape index (κ2) is 7.61.